The van der Waals surface area contributed by atoms with E-state index in [1.54, 1.807) is 0 Å². The van der Waals surface area contributed by atoms with Crippen LogP contribution in [0, 0.1) is 0 Å². The van der Waals surface area contributed by atoms with Gasteiger partial charge in [-0.1, -0.05) is 0 Å². The molecule has 0 aromatic heterocycles. The van der Waals surface area contributed by atoms with Crippen molar-refractivity contribution in [2.75, 3.05) is 0 Å². The molecule has 0 aromatic rings. The second-order valence-corrected chi connectivity index (χ2v) is 1.51. The Balaban J connectivity index is 3.80. The van der Waals surface area contributed by atoms with Crippen molar-refractivity contribution < 1.29 is 27.1 Å². The maximum absolute atomic E-state index is 11.4. The van der Waals surface area contributed by atoms with E-state index in [1.807, 2.05) is 0 Å². The SMILES string of the molecule is CC(OC(F)(F)F)C(=O)F. The van der Waals surface area contributed by atoms with Crippen molar-refractivity contribution in [1.82, 2.24) is 0 Å². The highest BCUT2D eigenvalue weighted by Crippen LogP contribution is 2.18. The highest BCUT2D eigenvalue weighted by Gasteiger charge is 2.34. The Hall–Kier alpha value is -0.650. The molecule has 0 fully saturated rings. The van der Waals surface area contributed by atoms with Crippen LogP contribution in [0.25, 0.3) is 0 Å². The van der Waals surface area contributed by atoms with E-state index >= 15 is 0 Å². The highest BCUT2D eigenvalue weighted by molar-refractivity contribution is 5.72. The minimum absolute atomic E-state index is 0.676. The van der Waals surface area contributed by atoms with E-state index in [9.17, 15) is 22.4 Å². The Kier molecular flexibility index (Phi) is 2.77. The molecule has 10 heavy (non-hydrogen) atoms. The van der Waals surface area contributed by atoms with Gasteiger partial charge in [-0.05, 0) is 6.92 Å². The number of hydrogen-bond donors (Lipinski definition) is 0. The maximum Gasteiger partial charge on any atom is 0.523 e. The average Bonchev–Trinajstić information content (AvgIpc) is 1.60. The molecular weight excluding hydrogens is 156 g/mol. The molecule has 0 aliphatic carbocycles. The highest BCUT2D eigenvalue weighted by atomic mass is 19.4. The molecular formula is C4H4F4O2. The van der Waals surface area contributed by atoms with Gasteiger partial charge in [-0.25, -0.2) is 0 Å². The molecule has 1 atom stereocenters. The van der Waals surface area contributed by atoms with Gasteiger partial charge in [0.2, 0.25) is 0 Å². The summed E-state index contributed by atoms with van der Waals surface area (Å²) in [5.74, 6) is 0. The number of ether oxygens (including phenoxy) is 1. The summed E-state index contributed by atoms with van der Waals surface area (Å²) in [6, 6.07) is -2.14. The van der Waals surface area contributed by atoms with Crippen molar-refractivity contribution in [1.29, 1.82) is 0 Å². The standard InChI is InChI=1S/C4H4F4O2/c1-2(3(5)9)10-4(6,7)8/h2H,1H3. The zero-order valence-electron chi connectivity index (χ0n) is 4.91. The number of hydrogen-bond acceptors (Lipinski definition) is 2. The molecule has 2 nitrogen and oxygen atoms in total. The summed E-state index contributed by atoms with van der Waals surface area (Å²) in [4.78, 5) is 9.53. The first kappa shape index (κ1) is 9.35. The summed E-state index contributed by atoms with van der Waals surface area (Å²) in [7, 11) is 0. The van der Waals surface area contributed by atoms with Gasteiger partial charge in [0.1, 0.15) is 0 Å². The second-order valence-electron chi connectivity index (χ2n) is 1.51. The predicted molar refractivity (Wildman–Crippen MR) is 22.7 cm³/mol. The molecule has 1 unspecified atom stereocenters. The summed E-state index contributed by atoms with van der Waals surface area (Å²) >= 11 is 0. The summed E-state index contributed by atoms with van der Waals surface area (Å²) in [6.45, 7) is 0.676. The lowest BCUT2D eigenvalue weighted by Gasteiger charge is -2.09. The quantitative estimate of drug-likeness (QED) is 0.451. The average molecular weight is 160 g/mol. The molecule has 0 aliphatic heterocycles. The molecule has 0 rings (SSSR count). The lowest BCUT2D eigenvalue weighted by Crippen LogP contribution is -2.25. The molecule has 6 heteroatoms. The Labute approximate surface area is 53.8 Å². The van der Waals surface area contributed by atoms with Gasteiger partial charge in [-0.2, -0.15) is 4.39 Å². The van der Waals surface area contributed by atoms with Crippen molar-refractivity contribution >= 4 is 6.04 Å². The van der Waals surface area contributed by atoms with E-state index in [-0.39, 0.29) is 0 Å². The largest absolute Gasteiger partial charge is 0.523 e. The third-order valence-corrected chi connectivity index (χ3v) is 0.630. The fraction of sp³-hybridized carbons (Fsp3) is 0.750. The van der Waals surface area contributed by atoms with Crippen molar-refractivity contribution in [3.63, 3.8) is 0 Å². The molecule has 0 spiro atoms. The third-order valence-electron chi connectivity index (χ3n) is 0.630. The van der Waals surface area contributed by atoms with Gasteiger partial charge < -0.3 is 0 Å². The number of carbonyl (C=O) groups excluding carboxylic acids is 1. The van der Waals surface area contributed by atoms with Crippen LogP contribution >= 0.6 is 0 Å². The number of rotatable bonds is 2. The van der Waals surface area contributed by atoms with Gasteiger partial charge >= 0.3 is 12.4 Å². The second kappa shape index (κ2) is 2.96. The van der Waals surface area contributed by atoms with Crippen molar-refractivity contribution in [2.24, 2.45) is 0 Å². The first-order valence-electron chi connectivity index (χ1n) is 2.27. The topological polar surface area (TPSA) is 26.3 Å². The van der Waals surface area contributed by atoms with Gasteiger partial charge in [0.15, 0.2) is 6.10 Å². The van der Waals surface area contributed by atoms with Gasteiger partial charge in [0, 0.05) is 0 Å². The zero-order valence-corrected chi connectivity index (χ0v) is 4.91. The van der Waals surface area contributed by atoms with E-state index in [2.05, 4.69) is 4.74 Å². The van der Waals surface area contributed by atoms with Gasteiger partial charge in [0.05, 0.1) is 0 Å². The van der Waals surface area contributed by atoms with Gasteiger partial charge in [0.25, 0.3) is 0 Å². The molecule has 0 aliphatic rings. The Morgan fingerprint density at radius 1 is 1.50 bits per heavy atom. The van der Waals surface area contributed by atoms with Crippen LogP contribution in [0.15, 0.2) is 0 Å². The zero-order chi connectivity index (χ0) is 8.36. The van der Waals surface area contributed by atoms with E-state index in [0.717, 1.165) is 0 Å². The van der Waals surface area contributed by atoms with Gasteiger partial charge in [-0.15, -0.1) is 13.2 Å². The van der Waals surface area contributed by atoms with Crippen LogP contribution in [-0.4, -0.2) is 18.5 Å². The molecule has 0 saturated carbocycles. The maximum atomic E-state index is 11.4. The number of alkyl halides is 3. The molecule has 0 aromatic carbocycles. The Morgan fingerprint density at radius 2 is 1.90 bits per heavy atom. The molecule has 0 radical (unpaired) electrons. The minimum Gasteiger partial charge on any atom is -0.278 e. The third kappa shape index (κ3) is 4.25. The predicted octanol–water partition coefficient (Wildman–Crippen LogP) is 1.41. The van der Waals surface area contributed by atoms with Crippen LogP contribution in [0.3, 0.4) is 0 Å². The number of halogens is 4. The molecule has 0 bridgehead atoms. The van der Waals surface area contributed by atoms with Crippen molar-refractivity contribution in [2.45, 2.75) is 19.4 Å². The Bertz CT molecular complexity index is 130. The van der Waals surface area contributed by atoms with E-state index in [4.69, 9.17) is 0 Å². The summed E-state index contributed by atoms with van der Waals surface area (Å²) in [5, 5.41) is 0. The normalized spacial score (nSPS) is 14.9. The number of carbonyl (C=O) groups is 1. The van der Waals surface area contributed by atoms with E-state index in [0.29, 0.717) is 6.92 Å². The summed E-state index contributed by atoms with van der Waals surface area (Å²) < 4.78 is 47.7. The lowest BCUT2D eigenvalue weighted by atomic mass is 10.4. The summed E-state index contributed by atoms with van der Waals surface area (Å²) in [6.07, 6.45) is -7.03. The molecule has 0 N–H and O–H groups in total. The molecule has 0 heterocycles. The van der Waals surface area contributed by atoms with Crippen LogP contribution in [0.5, 0.6) is 0 Å². The minimum atomic E-state index is -4.96. The van der Waals surface area contributed by atoms with E-state index in [1.165, 1.54) is 0 Å². The lowest BCUT2D eigenvalue weighted by molar-refractivity contribution is -0.336. The van der Waals surface area contributed by atoms with Crippen LogP contribution in [0.4, 0.5) is 17.6 Å². The van der Waals surface area contributed by atoms with Crippen LogP contribution in [-0.2, 0) is 9.53 Å². The van der Waals surface area contributed by atoms with Crippen LogP contribution in [0.2, 0.25) is 0 Å². The smallest absolute Gasteiger partial charge is 0.278 e. The fourth-order valence-corrected chi connectivity index (χ4v) is 0.247. The first-order chi connectivity index (χ1) is 4.33. The van der Waals surface area contributed by atoms with Gasteiger partial charge in [-0.3, -0.25) is 9.53 Å². The van der Waals surface area contributed by atoms with Crippen molar-refractivity contribution in [3.05, 3.63) is 0 Å². The van der Waals surface area contributed by atoms with E-state index < -0.39 is 18.5 Å². The van der Waals surface area contributed by atoms with Crippen LogP contribution < -0.4 is 0 Å². The first-order valence-corrected chi connectivity index (χ1v) is 2.27. The Morgan fingerprint density at radius 3 is 2.00 bits per heavy atom. The summed E-state index contributed by atoms with van der Waals surface area (Å²) in [5.41, 5.74) is 0. The molecule has 0 amide bonds. The molecule has 60 valence electrons. The monoisotopic (exact) mass is 160 g/mol. The van der Waals surface area contributed by atoms with Crippen molar-refractivity contribution in [3.8, 4) is 0 Å². The fourth-order valence-electron chi connectivity index (χ4n) is 0.247. The molecule has 0 saturated heterocycles. The van der Waals surface area contributed by atoms with Crippen LogP contribution in [0.1, 0.15) is 6.92 Å².